The van der Waals surface area contributed by atoms with Crippen molar-refractivity contribution in [1.82, 2.24) is 19.8 Å². The average Bonchev–Trinajstić information content (AvgIpc) is 3.17. The van der Waals surface area contributed by atoms with Gasteiger partial charge < -0.3 is 15.1 Å². The second kappa shape index (κ2) is 8.24. The maximum atomic E-state index is 12.7. The molecule has 2 aromatic heterocycles. The van der Waals surface area contributed by atoms with Crippen molar-refractivity contribution in [3.8, 4) is 10.4 Å². The van der Waals surface area contributed by atoms with E-state index in [-0.39, 0.29) is 12.5 Å². The summed E-state index contributed by atoms with van der Waals surface area (Å²) in [4.78, 5) is 27.7. The highest BCUT2D eigenvalue weighted by Gasteiger charge is 2.24. The number of carbonyl (C=O) groups excluding carboxylic acids is 1. The second-order valence-electron chi connectivity index (χ2n) is 7.31. The van der Waals surface area contributed by atoms with Crippen molar-refractivity contribution in [2.75, 3.05) is 39.0 Å². The Balaban J connectivity index is 1.46. The molecule has 0 aliphatic carbocycles. The van der Waals surface area contributed by atoms with E-state index >= 15 is 0 Å². The Morgan fingerprint density at radius 3 is 2.75 bits per heavy atom. The number of fused-ring (bicyclic) bond motifs is 1. The van der Waals surface area contributed by atoms with Crippen molar-refractivity contribution in [2.24, 2.45) is 0 Å². The number of benzene rings is 1. The molecule has 6 nitrogen and oxygen atoms in total. The maximum Gasteiger partial charge on any atom is 0.241 e. The van der Waals surface area contributed by atoms with Crippen LogP contribution in [-0.4, -0.2) is 65.4 Å². The number of likely N-dealkylation sites (tertiary alicyclic amines) is 1. The molecule has 1 aliphatic heterocycles. The van der Waals surface area contributed by atoms with Gasteiger partial charge in [-0.3, -0.25) is 4.79 Å². The summed E-state index contributed by atoms with van der Waals surface area (Å²) in [7, 11) is 4.04. The number of likely N-dealkylation sites (N-methyl/N-ethyl adjacent to an activating group) is 1. The Kier molecular flexibility index (Phi) is 5.54. The molecule has 7 heteroatoms. The topological polar surface area (TPSA) is 61.4 Å². The van der Waals surface area contributed by atoms with Gasteiger partial charge in [-0.05, 0) is 44.6 Å². The van der Waals surface area contributed by atoms with E-state index in [1.165, 1.54) is 0 Å². The van der Waals surface area contributed by atoms with Gasteiger partial charge in [0.25, 0.3) is 0 Å². The molecule has 0 saturated carbocycles. The number of anilines is 1. The quantitative estimate of drug-likeness (QED) is 0.718. The summed E-state index contributed by atoms with van der Waals surface area (Å²) >= 11 is 1.64. The van der Waals surface area contributed by atoms with Gasteiger partial charge in [0.1, 0.15) is 17.0 Å². The van der Waals surface area contributed by atoms with Gasteiger partial charge in [-0.2, -0.15) is 0 Å². The summed E-state index contributed by atoms with van der Waals surface area (Å²) in [5, 5.41) is 4.19. The summed E-state index contributed by atoms with van der Waals surface area (Å²) in [5.41, 5.74) is 1.16. The van der Waals surface area contributed by atoms with E-state index in [0.717, 1.165) is 46.6 Å². The van der Waals surface area contributed by atoms with E-state index in [2.05, 4.69) is 45.4 Å². The average molecular weight is 396 g/mol. The maximum absolute atomic E-state index is 12.7. The molecule has 0 radical (unpaired) electrons. The van der Waals surface area contributed by atoms with Crippen LogP contribution in [-0.2, 0) is 4.79 Å². The number of hydrogen-bond donors (Lipinski definition) is 1. The molecule has 28 heavy (non-hydrogen) atoms. The molecule has 0 spiro atoms. The lowest BCUT2D eigenvalue weighted by Gasteiger charge is -2.35. The lowest BCUT2D eigenvalue weighted by molar-refractivity contribution is -0.130. The zero-order valence-corrected chi connectivity index (χ0v) is 17.1. The third-order valence-electron chi connectivity index (χ3n) is 5.42. The zero-order valence-electron chi connectivity index (χ0n) is 16.3. The van der Waals surface area contributed by atoms with Crippen LogP contribution in [0.3, 0.4) is 0 Å². The van der Waals surface area contributed by atoms with E-state index in [0.29, 0.717) is 11.9 Å². The molecule has 0 unspecified atom stereocenters. The molecule has 1 N–H and O–H groups in total. The van der Waals surface area contributed by atoms with Gasteiger partial charge in [-0.1, -0.05) is 30.3 Å². The van der Waals surface area contributed by atoms with E-state index in [1.54, 1.807) is 17.7 Å². The van der Waals surface area contributed by atoms with Gasteiger partial charge in [-0.15, -0.1) is 11.3 Å². The van der Waals surface area contributed by atoms with Crippen LogP contribution in [0.25, 0.3) is 20.7 Å². The molecule has 0 bridgehead atoms. The molecule has 4 rings (SSSR count). The molecule has 3 aromatic rings. The molecule has 146 valence electrons. The SMILES string of the molecule is CN1CCC(N(C)C(=O)CNc2ncnc3sc(-c4ccccc4)cc23)CC1. The minimum Gasteiger partial charge on any atom is -0.360 e. The van der Waals surface area contributed by atoms with Crippen molar-refractivity contribution >= 4 is 33.3 Å². The first-order valence-corrected chi connectivity index (χ1v) is 10.4. The molecule has 0 atom stereocenters. The van der Waals surface area contributed by atoms with Gasteiger partial charge >= 0.3 is 0 Å². The van der Waals surface area contributed by atoms with Crippen LogP contribution in [0.1, 0.15) is 12.8 Å². The van der Waals surface area contributed by atoms with E-state index in [4.69, 9.17) is 0 Å². The molecule has 1 saturated heterocycles. The highest BCUT2D eigenvalue weighted by Crippen LogP contribution is 2.34. The standard InChI is InChI=1S/C21H25N5OS/c1-25-10-8-16(9-11-25)26(2)19(27)13-22-20-17-12-18(15-6-4-3-5-7-15)28-21(17)24-14-23-20/h3-7,12,14,16H,8-11,13H2,1-2H3,(H,22,23,24). The smallest absolute Gasteiger partial charge is 0.241 e. The highest BCUT2D eigenvalue weighted by molar-refractivity contribution is 7.21. The normalized spacial score (nSPS) is 15.6. The van der Waals surface area contributed by atoms with Gasteiger partial charge in [0, 0.05) is 18.0 Å². The van der Waals surface area contributed by atoms with Gasteiger partial charge in [0.15, 0.2) is 0 Å². The van der Waals surface area contributed by atoms with Gasteiger partial charge in [0.2, 0.25) is 5.91 Å². The number of amides is 1. The molecular weight excluding hydrogens is 370 g/mol. The van der Waals surface area contributed by atoms with E-state index in [9.17, 15) is 4.79 Å². The Morgan fingerprint density at radius 1 is 1.25 bits per heavy atom. The van der Waals surface area contributed by atoms with Crippen LogP contribution < -0.4 is 5.32 Å². The minimum atomic E-state index is 0.0971. The zero-order chi connectivity index (χ0) is 19.5. The van der Waals surface area contributed by atoms with Crippen molar-refractivity contribution < 1.29 is 4.79 Å². The number of thiophene rings is 1. The van der Waals surface area contributed by atoms with Crippen LogP contribution in [0.15, 0.2) is 42.7 Å². The highest BCUT2D eigenvalue weighted by atomic mass is 32.1. The fourth-order valence-electron chi connectivity index (χ4n) is 3.61. The van der Waals surface area contributed by atoms with Gasteiger partial charge in [0.05, 0.1) is 11.9 Å². The van der Waals surface area contributed by atoms with Crippen LogP contribution in [0.4, 0.5) is 5.82 Å². The summed E-state index contributed by atoms with van der Waals surface area (Å²) < 4.78 is 0. The Hall–Kier alpha value is -2.51. The number of nitrogens with zero attached hydrogens (tertiary/aromatic N) is 4. The largest absolute Gasteiger partial charge is 0.360 e. The molecule has 1 aromatic carbocycles. The van der Waals surface area contributed by atoms with E-state index < -0.39 is 0 Å². The predicted octanol–water partition coefficient (Wildman–Crippen LogP) is 3.32. The van der Waals surface area contributed by atoms with Crippen molar-refractivity contribution in [3.05, 3.63) is 42.7 Å². The Bertz CT molecular complexity index is 950. The first kappa shape index (κ1) is 18.8. The fourth-order valence-corrected chi connectivity index (χ4v) is 4.62. The summed E-state index contributed by atoms with van der Waals surface area (Å²) in [5.74, 6) is 0.813. The Labute approximate surface area is 169 Å². The summed E-state index contributed by atoms with van der Waals surface area (Å²) in [6, 6.07) is 12.7. The summed E-state index contributed by atoms with van der Waals surface area (Å²) in [6.07, 6.45) is 3.62. The Morgan fingerprint density at radius 2 is 2.00 bits per heavy atom. The summed E-state index contributed by atoms with van der Waals surface area (Å²) in [6.45, 7) is 2.32. The third kappa shape index (κ3) is 4.00. The lowest BCUT2D eigenvalue weighted by Crippen LogP contribution is -2.46. The molecule has 1 amide bonds. The van der Waals surface area contributed by atoms with E-state index in [1.807, 2.05) is 30.1 Å². The predicted molar refractivity (Wildman–Crippen MR) is 115 cm³/mol. The number of aromatic nitrogens is 2. The van der Waals surface area contributed by atoms with Crippen molar-refractivity contribution in [2.45, 2.75) is 18.9 Å². The van der Waals surface area contributed by atoms with Crippen LogP contribution in [0, 0.1) is 0 Å². The first-order chi connectivity index (χ1) is 13.6. The number of piperidine rings is 1. The number of rotatable bonds is 5. The molecule has 1 aliphatic rings. The number of nitrogens with one attached hydrogen (secondary N) is 1. The number of hydrogen-bond acceptors (Lipinski definition) is 6. The van der Waals surface area contributed by atoms with Crippen molar-refractivity contribution in [3.63, 3.8) is 0 Å². The fraction of sp³-hybridized carbons (Fsp3) is 0.381. The molecular formula is C21H25N5OS. The number of carbonyl (C=O) groups is 1. The van der Waals surface area contributed by atoms with Crippen molar-refractivity contribution in [1.29, 1.82) is 0 Å². The van der Waals surface area contributed by atoms with Crippen LogP contribution in [0.5, 0.6) is 0 Å². The van der Waals surface area contributed by atoms with Gasteiger partial charge in [-0.25, -0.2) is 9.97 Å². The van der Waals surface area contributed by atoms with Crippen LogP contribution in [0.2, 0.25) is 0 Å². The molecule has 3 heterocycles. The monoisotopic (exact) mass is 395 g/mol. The minimum absolute atomic E-state index is 0.0971. The van der Waals surface area contributed by atoms with Crippen LogP contribution >= 0.6 is 11.3 Å². The third-order valence-corrected chi connectivity index (χ3v) is 6.52. The second-order valence-corrected chi connectivity index (χ2v) is 8.34. The lowest BCUT2D eigenvalue weighted by atomic mass is 10.0. The first-order valence-electron chi connectivity index (χ1n) is 9.60. The molecule has 1 fully saturated rings.